The van der Waals surface area contributed by atoms with E-state index in [0.29, 0.717) is 0 Å². The van der Waals surface area contributed by atoms with Gasteiger partial charge >= 0.3 is 0 Å². The minimum absolute atomic E-state index is 0.953. The fourth-order valence-corrected chi connectivity index (χ4v) is 2.78. The van der Waals surface area contributed by atoms with Gasteiger partial charge in [0.2, 0.25) is 0 Å². The Morgan fingerprint density at radius 1 is 0.947 bits per heavy atom. The van der Waals surface area contributed by atoms with Gasteiger partial charge in [-0.1, -0.05) is 36.4 Å². The van der Waals surface area contributed by atoms with Crippen LogP contribution in [0.3, 0.4) is 0 Å². The highest BCUT2D eigenvalue weighted by atomic mass is 32.2. The number of aryl methyl sites for hydroxylation is 2. The van der Waals surface area contributed by atoms with Crippen molar-refractivity contribution < 1.29 is 0 Å². The van der Waals surface area contributed by atoms with E-state index in [0.717, 1.165) is 18.8 Å². The molecule has 0 fully saturated rings. The third-order valence-electron chi connectivity index (χ3n) is 3.20. The molecule has 0 amide bonds. The van der Waals surface area contributed by atoms with Crippen LogP contribution in [0.4, 0.5) is 0 Å². The Hall–Kier alpha value is -1.25. The normalized spacial score (nSPS) is 10.6. The van der Waals surface area contributed by atoms with Crippen LogP contribution in [0.5, 0.6) is 0 Å². The molecule has 0 aliphatic heterocycles. The minimum atomic E-state index is 0.953. The number of nitrogens with one attached hydrogen (secondary N) is 1. The zero-order valence-corrected chi connectivity index (χ0v) is 12.5. The fraction of sp³-hybridized carbons (Fsp3) is 0.294. The van der Waals surface area contributed by atoms with Crippen molar-refractivity contribution in [3.8, 4) is 0 Å². The molecule has 0 unspecified atom stereocenters. The molecule has 1 N–H and O–H groups in total. The van der Waals surface area contributed by atoms with Crippen molar-refractivity contribution in [3.05, 3.63) is 65.2 Å². The average Bonchev–Trinajstić information content (AvgIpc) is 2.43. The van der Waals surface area contributed by atoms with Crippen molar-refractivity contribution in [2.24, 2.45) is 0 Å². The van der Waals surface area contributed by atoms with Gasteiger partial charge in [-0.25, -0.2) is 0 Å². The summed E-state index contributed by atoms with van der Waals surface area (Å²) in [6.07, 6.45) is 0. The molecule has 2 aromatic rings. The number of hydrogen-bond donors (Lipinski definition) is 1. The molecule has 2 aromatic carbocycles. The van der Waals surface area contributed by atoms with Gasteiger partial charge in [0, 0.05) is 23.7 Å². The molecule has 2 rings (SSSR count). The second kappa shape index (κ2) is 7.37. The van der Waals surface area contributed by atoms with Crippen molar-refractivity contribution in [1.29, 1.82) is 0 Å². The van der Waals surface area contributed by atoms with Crippen LogP contribution in [0.15, 0.2) is 53.4 Å². The molecule has 0 heterocycles. The van der Waals surface area contributed by atoms with E-state index in [4.69, 9.17) is 0 Å². The largest absolute Gasteiger partial charge is 0.312 e. The first-order chi connectivity index (χ1) is 9.25. The van der Waals surface area contributed by atoms with Crippen molar-refractivity contribution in [2.75, 3.05) is 12.3 Å². The quantitative estimate of drug-likeness (QED) is 0.624. The lowest BCUT2D eigenvalue weighted by atomic mass is 10.1. The third-order valence-corrected chi connectivity index (χ3v) is 4.19. The van der Waals surface area contributed by atoms with E-state index in [1.165, 1.54) is 21.6 Å². The molecule has 0 atom stereocenters. The van der Waals surface area contributed by atoms with Crippen LogP contribution in [0.25, 0.3) is 0 Å². The highest BCUT2D eigenvalue weighted by Crippen LogP contribution is 2.20. The van der Waals surface area contributed by atoms with Crippen LogP contribution in [-0.4, -0.2) is 12.3 Å². The SMILES string of the molecule is Cc1ccc(SCCNCc2ccccc2)cc1C. The van der Waals surface area contributed by atoms with Crippen LogP contribution in [0.1, 0.15) is 16.7 Å². The number of benzene rings is 2. The molecule has 1 nitrogen and oxygen atoms in total. The van der Waals surface area contributed by atoms with Gasteiger partial charge in [0.15, 0.2) is 0 Å². The summed E-state index contributed by atoms with van der Waals surface area (Å²) in [5.41, 5.74) is 4.09. The Bertz CT molecular complexity index is 508. The summed E-state index contributed by atoms with van der Waals surface area (Å²) >= 11 is 1.92. The lowest BCUT2D eigenvalue weighted by molar-refractivity contribution is 0.732. The van der Waals surface area contributed by atoms with Crippen molar-refractivity contribution >= 4 is 11.8 Å². The molecule has 19 heavy (non-hydrogen) atoms. The topological polar surface area (TPSA) is 12.0 Å². The molecule has 0 spiro atoms. The Kier molecular flexibility index (Phi) is 5.49. The predicted molar refractivity (Wildman–Crippen MR) is 84.8 cm³/mol. The van der Waals surface area contributed by atoms with Crippen molar-refractivity contribution in [2.45, 2.75) is 25.3 Å². The van der Waals surface area contributed by atoms with E-state index >= 15 is 0 Å². The van der Waals surface area contributed by atoms with E-state index in [2.05, 4.69) is 67.7 Å². The van der Waals surface area contributed by atoms with Gasteiger partial charge in [-0.2, -0.15) is 0 Å². The monoisotopic (exact) mass is 271 g/mol. The van der Waals surface area contributed by atoms with E-state index in [9.17, 15) is 0 Å². The maximum Gasteiger partial charge on any atom is 0.0205 e. The molecule has 0 saturated heterocycles. The summed E-state index contributed by atoms with van der Waals surface area (Å²) in [6.45, 7) is 6.32. The summed E-state index contributed by atoms with van der Waals surface area (Å²) in [5.74, 6) is 1.11. The first-order valence-electron chi connectivity index (χ1n) is 6.70. The minimum Gasteiger partial charge on any atom is -0.312 e. The zero-order valence-electron chi connectivity index (χ0n) is 11.6. The predicted octanol–water partition coefficient (Wildman–Crippen LogP) is 4.19. The standard InChI is InChI=1S/C17H21NS/c1-14-8-9-17(12-15(14)2)19-11-10-18-13-16-6-4-3-5-7-16/h3-9,12,18H,10-11,13H2,1-2H3. The summed E-state index contributed by atoms with van der Waals surface area (Å²) in [4.78, 5) is 1.37. The van der Waals surface area contributed by atoms with Gasteiger partial charge in [0.1, 0.15) is 0 Å². The molecule has 0 aliphatic carbocycles. The van der Waals surface area contributed by atoms with Crippen LogP contribution in [0.2, 0.25) is 0 Å². The maximum atomic E-state index is 3.48. The third kappa shape index (κ3) is 4.73. The lowest BCUT2D eigenvalue weighted by Gasteiger charge is -2.06. The van der Waals surface area contributed by atoms with E-state index in [1.54, 1.807) is 0 Å². The van der Waals surface area contributed by atoms with Gasteiger partial charge in [-0.15, -0.1) is 11.8 Å². The van der Waals surface area contributed by atoms with Gasteiger partial charge in [0.05, 0.1) is 0 Å². The van der Waals surface area contributed by atoms with Gasteiger partial charge in [-0.3, -0.25) is 0 Å². The molecule has 0 radical (unpaired) electrons. The van der Waals surface area contributed by atoms with Crippen molar-refractivity contribution in [3.63, 3.8) is 0 Å². The first-order valence-corrected chi connectivity index (χ1v) is 7.69. The summed E-state index contributed by atoms with van der Waals surface area (Å²) < 4.78 is 0. The number of rotatable bonds is 6. The Morgan fingerprint density at radius 3 is 2.47 bits per heavy atom. The van der Waals surface area contributed by atoms with Crippen LogP contribution in [0, 0.1) is 13.8 Å². The summed E-state index contributed by atoms with van der Waals surface area (Å²) in [7, 11) is 0. The Morgan fingerprint density at radius 2 is 1.74 bits per heavy atom. The second-order valence-corrected chi connectivity index (χ2v) is 5.93. The molecule has 0 bridgehead atoms. The smallest absolute Gasteiger partial charge is 0.0205 e. The molecule has 0 aromatic heterocycles. The Labute approximate surface area is 120 Å². The average molecular weight is 271 g/mol. The number of thioether (sulfide) groups is 1. The van der Waals surface area contributed by atoms with E-state index in [1.807, 2.05) is 11.8 Å². The van der Waals surface area contributed by atoms with Gasteiger partial charge in [-0.05, 0) is 42.7 Å². The summed E-state index contributed by atoms with van der Waals surface area (Å²) in [5, 5.41) is 3.48. The molecule has 100 valence electrons. The highest BCUT2D eigenvalue weighted by Gasteiger charge is 1.97. The fourth-order valence-electron chi connectivity index (χ4n) is 1.87. The Balaban J connectivity index is 1.68. The number of hydrogen-bond acceptors (Lipinski definition) is 2. The second-order valence-electron chi connectivity index (χ2n) is 4.76. The van der Waals surface area contributed by atoms with Crippen LogP contribution in [-0.2, 0) is 6.54 Å². The first kappa shape index (κ1) is 14.2. The molecular weight excluding hydrogens is 250 g/mol. The van der Waals surface area contributed by atoms with Crippen molar-refractivity contribution in [1.82, 2.24) is 5.32 Å². The van der Waals surface area contributed by atoms with E-state index < -0.39 is 0 Å². The van der Waals surface area contributed by atoms with Gasteiger partial charge in [0.25, 0.3) is 0 Å². The lowest BCUT2D eigenvalue weighted by Crippen LogP contribution is -2.16. The summed E-state index contributed by atoms with van der Waals surface area (Å²) in [6, 6.07) is 17.2. The van der Waals surface area contributed by atoms with Gasteiger partial charge < -0.3 is 5.32 Å². The zero-order chi connectivity index (χ0) is 13.5. The maximum absolute atomic E-state index is 3.48. The van der Waals surface area contributed by atoms with E-state index in [-0.39, 0.29) is 0 Å². The molecule has 0 aliphatic rings. The molecular formula is C17H21NS. The van der Waals surface area contributed by atoms with Crippen LogP contribution >= 0.6 is 11.8 Å². The molecule has 2 heteroatoms. The highest BCUT2D eigenvalue weighted by molar-refractivity contribution is 7.99. The molecule has 0 saturated carbocycles. The van der Waals surface area contributed by atoms with Crippen LogP contribution < -0.4 is 5.32 Å².